The summed E-state index contributed by atoms with van der Waals surface area (Å²) < 4.78 is 1.11. The van der Waals surface area contributed by atoms with Gasteiger partial charge in [-0.25, -0.2) is 0 Å². The highest BCUT2D eigenvalue weighted by Gasteiger charge is 2.12. The molecule has 0 aliphatic carbocycles. The Morgan fingerprint density at radius 1 is 1.33 bits per heavy atom. The molecule has 0 aliphatic rings. The Hall–Kier alpha value is -0.300. The van der Waals surface area contributed by atoms with Crippen molar-refractivity contribution in [2.45, 2.75) is 13.8 Å². The second-order valence-electron chi connectivity index (χ2n) is 2.72. The van der Waals surface area contributed by atoms with Gasteiger partial charge in [-0.1, -0.05) is 6.58 Å². The van der Waals surface area contributed by atoms with Crippen molar-refractivity contribution in [1.82, 2.24) is 0 Å². The second-order valence-corrected chi connectivity index (χ2v) is 2.72. The third-order valence-corrected chi connectivity index (χ3v) is 2.10. The van der Waals surface area contributed by atoms with E-state index >= 15 is 0 Å². The third kappa shape index (κ3) is 2.66. The molecule has 0 amide bonds. The fourth-order valence-electron chi connectivity index (χ4n) is 0.793. The summed E-state index contributed by atoms with van der Waals surface area (Å²) in [5.74, 6) is 0. The smallest absolute Gasteiger partial charge is 0.0968 e. The molecule has 0 bridgehead atoms. The first-order chi connectivity index (χ1) is 4.18. The fraction of sp³-hybridized carbons (Fsp3) is 0.750. The summed E-state index contributed by atoms with van der Waals surface area (Å²) in [6.07, 6.45) is 1.99. The monoisotopic (exact) mass is 128 g/mol. The van der Waals surface area contributed by atoms with Gasteiger partial charge in [0.05, 0.1) is 26.7 Å². The first-order valence-electron chi connectivity index (χ1n) is 3.63. The third-order valence-electron chi connectivity index (χ3n) is 2.10. The number of nitrogens with zero attached hydrogens (tertiary/aromatic N) is 1. The number of likely N-dealkylation sites (N-methyl/N-ethyl adjacent to an activating group) is 1. The maximum Gasteiger partial charge on any atom is 0.0968 e. The lowest BCUT2D eigenvalue weighted by Crippen LogP contribution is -2.43. The van der Waals surface area contributed by atoms with E-state index in [1.807, 2.05) is 6.08 Å². The van der Waals surface area contributed by atoms with Gasteiger partial charge in [0, 0.05) is 0 Å². The predicted octanol–water partition coefficient (Wildman–Crippen LogP) is 1.66. The van der Waals surface area contributed by atoms with Crippen LogP contribution in [-0.2, 0) is 0 Å². The van der Waals surface area contributed by atoms with Gasteiger partial charge in [0.25, 0.3) is 0 Å². The van der Waals surface area contributed by atoms with Crippen LogP contribution in [0.15, 0.2) is 12.7 Å². The molecule has 1 heteroatoms. The van der Waals surface area contributed by atoms with Gasteiger partial charge in [-0.3, -0.25) is 0 Å². The van der Waals surface area contributed by atoms with Crippen molar-refractivity contribution in [1.29, 1.82) is 0 Å². The largest absolute Gasteiger partial charge is 0.323 e. The van der Waals surface area contributed by atoms with E-state index in [4.69, 9.17) is 0 Å². The molecule has 0 spiro atoms. The molecule has 54 valence electrons. The minimum Gasteiger partial charge on any atom is -0.323 e. The minimum atomic E-state index is 1.09. The number of quaternary nitrogens is 1. The predicted molar refractivity (Wildman–Crippen MR) is 42.3 cm³/mol. The molecule has 0 saturated heterocycles. The molecule has 0 rings (SSSR count). The van der Waals surface area contributed by atoms with Gasteiger partial charge in [-0.2, -0.15) is 0 Å². The zero-order valence-corrected chi connectivity index (χ0v) is 6.85. The number of hydrogen-bond donors (Lipinski definition) is 0. The Labute approximate surface area is 58.6 Å². The van der Waals surface area contributed by atoms with E-state index in [1.54, 1.807) is 0 Å². The lowest BCUT2D eigenvalue weighted by atomic mass is 10.4. The SMILES string of the molecule is C=CC[N+](C)(CC)CC. The van der Waals surface area contributed by atoms with Crippen LogP contribution in [-0.4, -0.2) is 31.2 Å². The van der Waals surface area contributed by atoms with Gasteiger partial charge in [-0.05, 0) is 19.9 Å². The van der Waals surface area contributed by atoms with Crippen LogP contribution in [0.25, 0.3) is 0 Å². The molecule has 0 radical (unpaired) electrons. The van der Waals surface area contributed by atoms with E-state index in [2.05, 4.69) is 27.5 Å². The topological polar surface area (TPSA) is 0 Å². The fourth-order valence-corrected chi connectivity index (χ4v) is 0.793. The van der Waals surface area contributed by atoms with Crippen molar-refractivity contribution in [3.8, 4) is 0 Å². The molecular weight excluding hydrogens is 110 g/mol. The van der Waals surface area contributed by atoms with Gasteiger partial charge in [0.1, 0.15) is 0 Å². The van der Waals surface area contributed by atoms with E-state index in [1.165, 1.54) is 13.1 Å². The summed E-state index contributed by atoms with van der Waals surface area (Å²) in [5.41, 5.74) is 0. The van der Waals surface area contributed by atoms with Crippen LogP contribution in [0.4, 0.5) is 0 Å². The van der Waals surface area contributed by atoms with Gasteiger partial charge in [-0.15, -0.1) is 0 Å². The quantitative estimate of drug-likeness (QED) is 0.399. The molecule has 0 aliphatic heterocycles. The molecular formula is C8H18N+. The Bertz CT molecular complexity index is 82.6. The van der Waals surface area contributed by atoms with E-state index in [-0.39, 0.29) is 0 Å². The first kappa shape index (κ1) is 8.70. The van der Waals surface area contributed by atoms with E-state index < -0.39 is 0 Å². The molecule has 0 aromatic heterocycles. The van der Waals surface area contributed by atoms with Crippen LogP contribution >= 0.6 is 0 Å². The molecule has 0 atom stereocenters. The zero-order valence-electron chi connectivity index (χ0n) is 6.85. The first-order valence-corrected chi connectivity index (χ1v) is 3.63. The standard InChI is InChI=1S/C8H18N/c1-5-8-9(4,6-2)7-3/h5H,1,6-8H2,2-4H3/q+1. The maximum absolute atomic E-state index is 3.73. The Morgan fingerprint density at radius 3 is 1.89 bits per heavy atom. The Kier molecular flexibility index (Phi) is 3.55. The Balaban J connectivity index is 3.75. The average Bonchev–Trinajstić information content (AvgIpc) is 1.89. The highest BCUT2D eigenvalue weighted by atomic mass is 15.3. The van der Waals surface area contributed by atoms with Gasteiger partial charge < -0.3 is 4.48 Å². The van der Waals surface area contributed by atoms with Crippen molar-refractivity contribution in [3.05, 3.63) is 12.7 Å². The van der Waals surface area contributed by atoms with Crippen molar-refractivity contribution >= 4 is 0 Å². The average molecular weight is 128 g/mol. The summed E-state index contributed by atoms with van der Waals surface area (Å²) in [5, 5.41) is 0. The summed E-state index contributed by atoms with van der Waals surface area (Å²) in [6, 6.07) is 0. The highest BCUT2D eigenvalue weighted by Crippen LogP contribution is 1.99. The van der Waals surface area contributed by atoms with Crippen LogP contribution < -0.4 is 0 Å². The summed E-state index contributed by atoms with van der Waals surface area (Å²) in [6.45, 7) is 11.6. The van der Waals surface area contributed by atoms with Gasteiger partial charge >= 0.3 is 0 Å². The Morgan fingerprint density at radius 2 is 1.78 bits per heavy atom. The van der Waals surface area contributed by atoms with Crippen LogP contribution in [0.3, 0.4) is 0 Å². The highest BCUT2D eigenvalue weighted by molar-refractivity contribution is 4.64. The van der Waals surface area contributed by atoms with Crippen LogP contribution in [0, 0.1) is 0 Å². The van der Waals surface area contributed by atoms with E-state index in [9.17, 15) is 0 Å². The lowest BCUT2D eigenvalue weighted by molar-refractivity contribution is -0.900. The van der Waals surface area contributed by atoms with Crippen molar-refractivity contribution in [3.63, 3.8) is 0 Å². The zero-order chi connectivity index (χ0) is 7.33. The molecule has 0 aromatic carbocycles. The maximum atomic E-state index is 3.73. The van der Waals surface area contributed by atoms with Gasteiger partial charge in [0.2, 0.25) is 0 Å². The van der Waals surface area contributed by atoms with E-state index in [0.717, 1.165) is 11.0 Å². The van der Waals surface area contributed by atoms with Crippen LogP contribution in [0.5, 0.6) is 0 Å². The van der Waals surface area contributed by atoms with Crippen molar-refractivity contribution < 1.29 is 4.48 Å². The molecule has 9 heavy (non-hydrogen) atoms. The molecule has 0 heterocycles. The van der Waals surface area contributed by atoms with E-state index in [0.29, 0.717) is 0 Å². The summed E-state index contributed by atoms with van der Waals surface area (Å²) in [4.78, 5) is 0. The lowest BCUT2D eigenvalue weighted by Gasteiger charge is -2.30. The van der Waals surface area contributed by atoms with Crippen molar-refractivity contribution in [2.24, 2.45) is 0 Å². The number of rotatable bonds is 4. The molecule has 0 unspecified atom stereocenters. The molecule has 1 nitrogen and oxygen atoms in total. The molecule has 0 aromatic rings. The molecule has 0 saturated carbocycles. The number of hydrogen-bond acceptors (Lipinski definition) is 0. The van der Waals surface area contributed by atoms with Crippen LogP contribution in [0.2, 0.25) is 0 Å². The normalized spacial score (nSPS) is 11.4. The van der Waals surface area contributed by atoms with Crippen LogP contribution in [0.1, 0.15) is 13.8 Å². The van der Waals surface area contributed by atoms with Gasteiger partial charge in [0.15, 0.2) is 0 Å². The second kappa shape index (κ2) is 3.67. The summed E-state index contributed by atoms with van der Waals surface area (Å²) in [7, 11) is 2.25. The van der Waals surface area contributed by atoms with Crippen molar-refractivity contribution in [2.75, 3.05) is 26.7 Å². The minimum absolute atomic E-state index is 1.09. The molecule has 0 fully saturated rings. The molecule has 0 N–H and O–H groups in total. The summed E-state index contributed by atoms with van der Waals surface area (Å²) >= 11 is 0.